The van der Waals surface area contributed by atoms with Crippen molar-refractivity contribution in [1.29, 1.82) is 0 Å². The van der Waals surface area contributed by atoms with E-state index in [9.17, 15) is 9.18 Å². The molecule has 0 fully saturated rings. The van der Waals surface area contributed by atoms with E-state index in [2.05, 4.69) is 0 Å². The SMILES string of the molecule is COc1ccc(COc2cccc(C(=O)O)c2C)cc1F. The molecule has 110 valence electrons. The van der Waals surface area contributed by atoms with Crippen LogP contribution in [0.3, 0.4) is 0 Å². The molecule has 0 aliphatic heterocycles. The molecule has 5 heteroatoms. The van der Waals surface area contributed by atoms with Crippen LogP contribution in [-0.2, 0) is 6.61 Å². The van der Waals surface area contributed by atoms with Gasteiger partial charge in [-0.2, -0.15) is 0 Å². The molecular weight excluding hydrogens is 275 g/mol. The predicted octanol–water partition coefficient (Wildman–Crippen LogP) is 3.42. The Balaban J connectivity index is 2.15. The molecule has 2 aromatic carbocycles. The topological polar surface area (TPSA) is 55.8 Å². The largest absolute Gasteiger partial charge is 0.494 e. The van der Waals surface area contributed by atoms with Crippen molar-refractivity contribution in [3.63, 3.8) is 0 Å². The number of halogens is 1. The lowest BCUT2D eigenvalue weighted by Crippen LogP contribution is -2.03. The first kappa shape index (κ1) is 14.8. The summed E-state index contributed by atoms with van der Waals surface area (Å²) >= 11 is 0. The van der Waals surface area contributed by atoms with Gasteiger partial charge in [0.2, 0.25) is 0 Å². The van der Waals surface area contributed by atoms with Crippen LogP contribution in [-0.4, -0.2) is 18.2 Å². The van der Waals surface area contributed by atoms with Gasteiger partial charge < -0.3 is 14.6 Å². The summed E-state index contributed by atoms with van der Waals surface area (Å²) in [5, 5.41) is 9.05. The van der Waals surface area contributed by atoms with E-state index in [1.54, 1.807) is 25.1 Å². The van der Waals surface area contributed by atoms with Gasteiger partial charge in [0, 0.05) is 5.56 Å². The van der Waals surface area contributed by atoms with E-state index in [-0.39, 0.29) is 17.9 Å². The maximum Gasteiger partial charge on any atom is 0.336 e. The first-order valence-corrected chi connectivity index (χ1v) is 6.31. The number of benzene rings is 2. The third-order valence-electron chi connectivity index (χ3n) is 3.13. The standard InChI is InChI=1S/C16H15FO4/c1-10-12(16(18)19)4-3-5-14(10)21-9-11-6-7-15(20-2)13(17)8-11/h3-8H,9H2,1-2H3,(H,18,19). The van der Waals surface area contributed by atoms with Gasteiger partial charge in [-0.05, 0) is 36.8 Å². The van der Waals surface area contributed by atoms with Crippen LogP contribution in [0.5, 0.6) is 11.5 Å². The maximum absolute atomic E-state index is 13.6. The first-order chi connectivity index (χ1) is 10.0. The van der Waals surface area contributed by atoms with Gasteiger partial charge in [-0.25, -0.2) is 9.18 Å². The zero-order chi connectivity index (χ0) is 15.4. The van der Waals surface area contributed by atoms with E-state index in [4.69, 9.17) is 14.6 Å². The van der Waals surface area contributed by atoms with Crippen molar-refractivity contribution in [2.24, 2.45) is 0 Å². The van der Waals surface area contributed by atoms with E-state index >= 15 is 0 Å². The fraction of sp³-hybridized carbons (Fsp3) is 0.188. The van der Waals surface area contributed by atoms with E-state index in [1.807, 2.05) is 0 Å². The molecule has 0 unspecified atom stereocenters. The van der Waals surface area contributed by atoms with Crippen LogP contribution in [0.15, 0.2) is 36.4 Å². The lowest BCUT2D eigenvalue weighted by molar-refractivity contribution is 0.0695. The molecule has 0 amide bonds. The molecular formula is C16H15FO4. The van der Waals surface area contributed by atoms with E-state index in [0.29, 0.717) is 16.9 Å². The zero-order valence-electron chi connectivity index (χ0n) is 11.7. The molecule has 2 aromatic rings. The minimum absolute atomic E-state index is 0.144. The number of carboxylic acids is 1. The second-order valence-corrected chi connectivity index (χ2v) is 4.49. The molecule has 21 heavy (non-hydrogen) atoms. The quantitative estimate of drug-likeness (QED) is 0.916. The highest BCUT2D eigenvalue weighted by Crippen LogP contribution is 2.23. The van der Waals surface area contributed by atoms with Crippen LogP contribution < -0.4 is 9.47 Å². The molecule has 0 saturated carbocycles. The van der Waals surface area contributed by atoms with Crippen molar-refractivity contribution in [3.8, 4) is 11.5 Å². The molecule has 0 bridgehead atoms. The van der Waals surface area contributed by atoms with Crippen molar-refractivity contribution in [3.05, 3.63) is 58.9 Å². The molecule has 0 aliphatic rings. The number of carboxylic acid groups (broad SMARTS) is 1. The van der Waals surface area contributed by atoms with Crippen LogP contribution in [0.25, 0.3) is 0 Å². The third-order valence-corrected chi connectivity index (χ3v) is 3.13. The van der Waals surface area contributed by atoms with Crippen LogP contribution in [0, 0.1) is 12.7 Å². The maximum atomic E-state index is 13.6. The van der Waals surface area contributed by atoms with Crippen LogP contribution in [0.1, 0.15) is 21.5 Å². The lowest BCUT2D eigenvalue weighted by Gasteiger charge is -2.11. The average Bonchev–Trinajstić information content (AvgIpc) is 2.46. The minimum atomic E-state index is -1.01. The van der Waals surface area contributed by atoms with Gasteiger partial charge in [-0.1, -0.05) is 12.1 Å². The summed E-state index contributed by atoms with van der Waals surface area (Å²) in [6.45, 7) is 1.82. The van der Waals surface area contributed by atoms with Crippen LogP contribution in [0.2, 0.25) is 0 Å². The Labute approximate surface area is 121 Å². The predicted molar refractivity (Wildman–Crippen MR) is 75.4 cm³/mol. The second kappa shape index (κ2) is 6.26. The highest BCUT2D eigenvalue weighted by Gasteiger charge is 2.11. The second-order valence-electron chi connectivity index (χ2n) is 4.49. The molecule has 4 nitrogen and oxygen atoms in total. The summed E-state index contributed by atoms with van der Waals surface area (Å²) < 4.78 is 24.0. The summed E-state index contributed by atoms with van der Waals surface area (Å²) in [5.41, 5.74) is 1.36. The Morgan fingerprint density at radius 1 is 1.24 bits per heavy atom. The molecule has 1 N–H and O–H groups in total. The number of methoxy groups -OCH3 is 1. The average molecular weight is 290 g/mol. The van der Waals surface area contributed by atoms with Crippen molar-refractivity contribution in [2.75, 3.05) is 7.11 Å². The molecule has 0 saturated heterocycles. The number of ether oxygens (including phenoxy) is 2. The summed E-state index contributed by atoms with van der Waals surface area (Å²) in [5.74, 6) is -0.836. The monoisotopic (exact) mass is 290 g/mol. The smallest absolute Gasteiger partial charge is 0.336 e. The van der Waals surface area contributed by atoms with Gasteiger partial charge in [-0.3, -0.25) is 0 Å². The Hall–Kier alpha value is -2.56. The van der Waals surface area contributed by atoms with Gasteiger partial charge in [0.05, 0.1) is 12.7 Å². The fourth-order valence-electron chi connectivity index (χ4n) is 1.96. The molecule has 0 aliphatic carbocycles. The van der Waals surface area contributed by atoms with Gasteiger partial charge in [0.1, 0.15) is 12.4 Å². The van der Waals surface area contributed by atoms with Gasteiger partial charge in [-0.15, -0.1) is 0 Å². The molecule has 0 atom stereocenters. The van der Waals surface area contributed by atoms with Gasteiger partial charge >= 0.3 is 5.97 Å². The fourth-order valence-corrected chi connectivity index (χ4v) is 1.96. The number of hydrogen-bond acceptors (Lipinski definition) is 3. The number of rotatable bonds is 5. The van der Waals surface area contributed by atoms with Crippen LogP contribution >= 0.6 is 0 Å². The van der Waals surface area contributed by atoms with Crippen molar-refractivity contribution >= 4 is 5.97 Å². The summed E-state index contributed by atoms with van der Waals surface area (Å²) in [6.07, 6.45) is 0. The Morgan fingerprint density at radius 3 is 2.62 bits per heavy atom. The zero-order valence-corrected chi connectivity index (χ0v) is 11.7. The third kappa shape index (κ3) is 3.31. The van der Waals surface area contributed by atoms with Gasteiger partial charge in [0.15, 0.2) is 11.6 Å². The number of carbonyl (C=O) groups is 1. The molecule has 0 heterocycles. The summed E-state index contributed by atoms with van der Waals surface area (Å²) in [7, 11) is 1.40. The Morgan fingerprint density at radius 2 is 2.00 bits per heavy atom. The van der Waals surface area contributed by atoms with E-state index in [1.165, 1.54) is 25.3 Å². The highest BCUT2D eigenvalue weighted by atomic mass is 19.1. The summed E-state index contributed by atoms with van der Waals surface area (Å²) in [4.78, 5) is 11.0. The molecule has 0 aromatic heterocycles. The summed E-state index contributed by atoms with van der Waals surface area (Å²) in [6, 6.07) is 9.35. The van der Waals surface area contributed by atoms with Crippen molar-refractivity contribution in [2.45, 2.75) is 13.5 Å². The number of hydrogen-bond donors (Lipinski definition) is 1. The van der Waals surface area contributed by atoms with Gasteiger partial charge in [0.25, 0.3) is 0 Å². The normalized spacial score (nSPS) is 10.2. The minimum Gasteiger partial charge on any atom is -0.494 e. The molecule has 0 spiro atoms. The molecule has 2 rings (SSSR count). The first-order valence-electron chi connectivity index (χ1n) is 6.31. The Kier molecular flexibility index (Phi) is 4.42. The van der Waals surface area contributed by atoms with Crippen molar-refractivity contribution in [1.82, 2.24) is 0 Å². The van der Waals surface area contributed by atoms with Crippen molar-refractivity contribution < 1.29 is 23.8 Å². The van der Waals surface area contributed by atoms with E-state index < -0.39 is 11.8 Å². The van der Waals surface area contributed by atoms with Crippen LogP contribution in [0.4, 0.5) is 4.39 Å². The number of aromatic carboxylic acids is 1. The molecule has 0 radical (unpaired) electrons. The highest BCUT2D eigenvalue weighted by molar-refractivity contribution is 5.90. The van der Waals surface area contributed by atoms with E-state index in [0.717, 1.165) is 0 Å². The Bertz CT molecular complexity index is 667. The lowest BCUT2D eigenvalue weighted by atomic mass is 10.1.